The summed E-state index contributed by atoms with van der Waals surface area (Å²) in [6.07, 6.45) is 1.83. The summed E-state index contributed by atoms with van der Waals surface area (Å²) in [5.41, 5.74) is 5.05. The van der Waals surface area contributed by atoms with Crippen molar-refractivity contribution in [2.45, 2.75) is 33.4 Å². The van der Waals surface area contributed by atoms with Crippen molar-refractivity contribution in [2.24, 2.45) is 0 Å². The van der Waals surface area contributed by atoms with Crippen molar-refractivity contribution >= 4 is 0 Å². The Morgan fingerprint density at radius 3 is 2.44 bits per heavy atom. The molecule has 1 aromatic carbocycles. The van der Waals surface area contributed by atoms with Crippen LogP contribution in [0.15, 0.2) is 42.6 Å². The number of aryl methyl sites for hydroxylation is 2. The molecule has 94 valence electrons. The molecule has 2 aromatic rings. The molecule has 0 saturated heterocycles. The number of hydrogen-bond acceptors (Lipinski definition) is 2. The van der Waals surface area contributed by atoms with E-state index in [2.05, 4.69) is 49.3 Å². The van der Waals surface area contributed by atoms with Gasteiger partial charge in [0.25, 0.3) is 0 Å². The molecular formula is C16H20N2. The zero-order valence-corrected chi connectivity index (χ0v) is 11.3. The summed E-state index contributed by atoms with van der Waals surface area (Å²) < 4.78 is 0. The molecule has 18 heavy (non-hydrogen) atoms. The third-order valence-electron chi connectivity index (χ3n) is 3.06. The summed E-state index contributed by atoms with van der Waals surface area (Å²) in [4.78, 5) is 4.32. The average Bonchev–Trinajstić information content (AvgIpc) is 2.36. The predicted molar refractivity (Wildman–Crippen MR) is 75.4 cm³/mol. The predicted octanol–water partition coefficient (Wildman–Crippen LogP) is 3.55. The fourth-order valence-electron chi connectivity index (χ4n) is 2.14. The van der Waals surface area contributed by atoms with E-state index in [1.54, 1.807) is 0 Å². The van der Waals surface area contributed by atoms with Gasteiger partial charge in [-0.05, 0) is 38.5 Å². The van der Waals surface area contributed by atoms with Crippen LogP contribution in [0.4, 0.5) is 0 Å². The number of benzene rings is 1. The van der Waals surface area contributed by atoms with Crippen LogP contribution in [-0.4, -0.2) is 4.98 Å². The summed E-state index contributed by atoms with van der Waals surface area (Å²) in [7, 11) is 0. The quantitative estimate of drug-likeness (QED) is 0.884. The molecule has 2 rings (SSSR count). The number of hydrogen-bond donors (Lipinski definition) is 1. The molecule has 2 nitrogen and oxygen atoms in total. The summed E-state index contributed by atoms with van der Waals surface area (Å²) >= 11 is 0. The highest BCUT2D eigenvalue weighted by Gasteiger charge is 2.06. The Balaban J connectivity index is 2.01. The van der Waals surface area contributed by atoms with E-state index in [1.165, 1.54) is 16.7 Å². The first-order valence-electron chi connectivity index (χ1n) is 6.36. The summed E-state index contributed by atoms with van der Waals surface area (Å²) in [5.74, 6) is 0. The Kier molecular flexibility index (Phi) is 4.11. The standard InChI is InChI=1S/C16H20N2/c1-12-8-13(2)10-15(9-12)14(3)18-11-16-6-4-5-7-17-16/h4-10,14,18H,11H2,1-3H3. The van der Waals surface area contributed by atoms with Crippen LogP contribution in [0.2, 0.25) is 0 Å². The molecule has 0 aliphatic rings. The Labute approximate surface area is 109 Å². The van der Waals surface area contributed by atoms with Gasteiger partial charge in [0.2, 0.25) is 0 Å². The summed E-state index contributed by atoms with van der Waals surface area (Å²) in [6.45, 7) is 7.27. The lowest BCUT2D eigenvalue weighted by Gasteiger charge is -2.15. The van der Waals surface area contributed by atoms with Gasteiger partial charge in [0.15, 0.2) is 0 Å². The van der Waals surface area contributed by atoms with E-state index in [1.807, 2.05) is 24.4 Å². The van der Waals surface area contributed by atoms with E-state index in [0.717, 1.165) is 12.2 Å². The molecule has 0 amide bonds. The van der Waals surface area contributed by atoms with E-state index in [-0.39, 0.29) is 0 Å². The zero-order valence-electron chi connectivity index (χ0n) is 11.3. The lowest BCUT2D eigenvalue weighted by Crippen LogP contribution is -2.18. The van der Waals surface area contributed by atoms with Gasteiger partial charge < -0.3 is 5.32 Å². The second-order valence-corrected chi connectivity index (χ2v) is 4.84. The molecule has 1 aromatic heterocycles. The monoisotopic (exact) mass is 240 g/mol. The Morgan fingerprint density at radius 1 is 1.11 bits per heavy atom. The maximum Gasteiger partial charge on any atom is 0.0541 e. The van der Waals surface area contributed by atoms with E-state index in [9.17, 15) is 0 Å². The minimum Gasteiger partial charge on any atom is -0.305 e. The summed E-state index contributed by atoms with van der Waals surface area (Å²) in [5, 5.41) is 3.51. The molecule has 0 spiro atoms. The topological polar surface area (TPSA) is 24.9 Å². The van der Waals surface area contributed by atoms with Crippen LogP contribution in [0.3, 0.4) is 0 Å². The van der Waals surface area contributed by atoms with Crippen molar-refractivity contribution in [1.82, 2.24) is 10.3 Å². The molecule has 0 fully saturated rings. The SMILES string of the molecule is Cc1cc(C)cc(C(C)NCc2ccccn2)c1. The van der Waals surface area contributed by atoms with Crippen LogP contribution < -0.4 is 5.32 Å². The van der Waals surface area contributed by atoms with Crippen molar-refractivity contribution in [3.63, 3.8) is 0 Å². The van der Waals surface area contributed by atoms with Crippen molar-refractivity contribution < 1.29 is 0 Å². The summed E-state index contributed by atoms with van der Waals surface area (Å²) in [6, 6.07) is 13.0. The van der Waals surface area contributed by atoms with Gasteiger partial charge in [-0.25, -0.2) is 0 Å². The van der Waals surface area contributed by atoms with Gasteiger partial charge in [0, 0.05) is 18.8 Å². The van der Waals surface area contributed by atoms with Gasteiger partial charge in [0.05, 0.1) is 5.69 Å². The molecule has 0 aliphatic heterocycles. The first kappa shape index (κ1) is 12.8. The highest BCUT2D eigenvalue weighted by Crippen LogP contribution is 2.16. The molecular weight excluding hydrogens is 220 g/mol. The normalized spacial score (nSPS) is 12.4. The van der Waals surface area contributed by atoms with Gasteiger partial charge in [-0.3, -0.25) is 4.98 Å². The van der Waals surface area contributed by atoms with E-state index in [0.29, 0.717) is 6.04 Å². The van der Waals surface area contributed by atoms with Crippen LogP contribution >= 0.6 is 0 Å². The number of rotatable bonds is 4. The van der Waals surface area contributed by atoms with Crippen molar-refractivity contribution in [1.29, 1.82) is 0 Å². The van der Waals surface area contributed by atoms with Gasteiger partial charge in [-0.1, -0.05) is 35.4 Å². The Bertz CT molecular complexity index is 486. The fourth-order valence-corrected chi connectivity index (χ4v) is 2.14. The fraction of sp³-hybridized carbons (Fsp3) is 0.312. The first-order valence-corrected chi connectivity index (χ1v) is 6.36. The van der Waals surface area contributed by atoms with Gasteiger partial charge >= 0.3 is 0 Å². The number of aromatic nitrogens is 1. The number of pyridine rings is 1. The second-order valence-electron chi connectivity index (χ2n) is 4.84. The average molecular weight is 240 g/mol. The molecule has 0 radical (unpaired) electrons. The van der Waals surface area contributed by atoms with E-state index >= 15 is 0 Å². The van der Waals surface area contributed by atoms with Gasteiger partial charge in [0.1, 0.15) is 0 Å². The van der Waals surface area contributed by atoms with E-state index in [4.69, 9.17) is 0 Å². The van der Waals surface area contributed by atoms with Crippen LogP contribution in [-0.2, 0) is 6.54 Å². The molecule has 2 heteroatoms. The second kappa shape index (κ2) is 5.78. The third-order valence-corrected chi connectivity index (χ3v) is 3.06. The molecule has 1 unspecified atom stereocenters. The van der Waals surface area contributed by atoms with Crippen LogP contribution in [0, 0.1) is 13.8 Å². The zero-order chi connectivity index (χ0) is 13.0. The Hall–Kier alpha value is -1.67. The maximum atomic E-state index is 4.32. The van der Waals surface area contributed by atoms with Crippen LogP contribution in [0.25, 0.3) is 0 Å². The molecule has 1 N–H and O–H groups in total. The van der Waals surface area contributed by atoms with Crippen molar-refractivity contribution in [2.75, 3.05) is 0 Å². The Morgan fingerprint density at radius 2 is 1.83 bits per heavy atom. The molecule has 0 saturated carbocycles. The largest absolute Gasteiger partial charge is 0.305 e. The van der Waals surface area contributed by atoms with Gasteiger partial charge in [-0.15, -0.1) is 0 Å². The smallest absolute Gasteiger partial charge is 0.0541 e. The molecule has 1 atom stereocenters. The van der Waals surface area contributed by atoms with Crippen molar-refractivity contribution in [3.05, 3.63) is 65.0 Å². The van der Waals surface area contributed by atoms with Gasteiger partial charge in [-0.2, -0.15) is 0 Å². The molecule has 1 heterocycles. The van der Waals surface area contributed by atoms with Crippen LogP contribution in [0.5, 0.6) is 0 Å². The third kappa shape index (κ3) is 3.41. The first-order chi connectivity index (χ1) is 8.65. The number of nitrogens with one attached hydrogen (secondary N) is 1. The van der Waals surface area contributed by atoms with Crippen LogP contribution in [0.1, 0.15) is 35.3 Å². The number of nitrogens with zero attached hydrogens (tertiary/aromatic N) is 1. The lowest BCUT2D eigenvalue weighted by molar-refractivity contribution is 0.567. The minimum absolute atomic E-state index is 0.339. The molecule has 0 aliphatic carbocycles. The molecule has 0 bridgehead atoms. The van der Waals surface area contributed by atoms with E-state index < -0.39 is 0 Å². The lowest BCUT2D eigenvalue weighted by atomic mass is 10.0. The highest BCUT2D eigenvalue weighted by atomic mass is 14.9. The maximum absolute atomic E-state index is 4.32. The van der Waals surface area contributed by atoms with Crippen molar-refractivity contribution in [3.8, 4) is 0 Å². The minimum atomic E-state index is 0.339. The highest BCUT2D eigenvalue weighted by molar-refractivity contribution is 5.30.